The van der Waals surface area contributed by atoms with E-state index in [1.54, 1.807) is 6.07 Å². The summed E-state index contributed by atoms with van der Waals surface area (Å²) in [7, 11) is 0. The summed E-state index contributed by atoms with van der Waals surface area (Å²) in [4.78, 5) is 4.07. The molecule has 2 aromatic rings. The Balaban J connectivity index is 2.29. The molecule has 2 aromatic heterocycles. The van der Waals surface area contributed by atoms with Crippen LogP contribution < -0.4 is 0 Å². The number of aryl methyl sites for hydroxylation is 1. The minimum atomic E-state index is -4.46. The molecule has 0 saturated carbocycles. The van der Waals surface area contributed by atoms with E-state index in [0.29, 0.717) is 16.2 Å². The Kier molecular flexibility index (Phi) is 3.82. The number of aromatic nitrogens is 1. The maximum absolute atomic E-state index is 12.4. The minimum absolute atomic E-state index is 0.191. The summed E-state index contributed by atoms with van der Waals surface area (Å²) < 4.78 is 38.0. The van der Waals surface area contributed by atoms with Crippen molar-refractivity contribution in [3.63, 3.8) is 0 Å². The van der Waals surface area contributed by atoms with E-state index in [2.05, 4.69) is 20.9 Å². The number of hydrogen-bond donors (Lipinski definition) is 1. The zero-order chi connectivity index (χ0) is 13.5. The molecule has 0 fully saturated rings. The number of thiophene rings is 1. The topological polar surface area (TPSA) is 33.1 Å². The second-order valence-corrected chi connectivity index (χ2v) is 7.04. The van der Waals surface area contributed by atoms with Crippen molar-refractivity contribution >= 4 is 38.6 Å². The monoisotopic (exact) mass is 357 g/mol. The van der Waals surface area contributed by atoms with E-state index in [9.17, 15) is 18.3 Å². The van der Waals surface area contributed by atoms with Gasteiger partial charge in [-0.05, 0) is 34.5 Å². The molecule has 0 spiro atoms. The summed E-state index contributed by atoms with van der Waals surface area (Å²) >= 11 is 5.07. The first-order valence-corrected chi connectivity index (χ1v) is 7.18. The predicted molar refractivity (Wildman–Crippen MR) is 67.9 cm³/mol. The summed E-state index contributed by atoms with van der Waals surface area (Å²) in [5.41, 5.74) is 0.939. The minimum Gasteiger partial charge on any atom is -0.382 e. The highest BCUT2D eigenvalue weighted by molar-refractivity contribution is 9.11. The van der Waals surface area contributed by atoms with Gasteiger partial charge in [-0.2, -0.15) is 13.2 Å². The maximum atomic E-state index is 12.4. The number of rotatable bonds is 2. The third-order valence-electron chi connectivity index (χ3n) is 2.18. The number of alkyl halides is 3. The number of aliphatic hydroxyl groups is 1. The van der Waals surface area contributed by atoms with E-state index in [0.717, 1.165) is 15.5 Å². The van der Waals surface area contributed by atoms with Crippen molar-refractivity contribution in [3.05, 3.63) is 36.4 Å². The molecular weight excluding hydrogens is 351 g/mol. The highest BCUT2D eigenvalue weighted by atomic mass is 79.9. The molecule has 0 aliphatic rings. The van der Waals surface area contributed by atoms with Crippen LogP contribution in [0.4, 0.5) is 13.2 Å². The van der Waals surface area contributed by atoms with Crippen molar-refractivity contribution < 1.29 is 18.3 Å². The van der Waals surface area contributed by atoms with Crippen molar-refractivity contribution in [1.82, 2.24) is 4.98 Å². The lowest BCUT2D eigenvalue weighted by atomic mass is 10.2. The number of nitrogens with zero attached hydrogens (tertiary/aromatic N) is 1. The van der Waals surface area contributed by atoms with Gasteiger partial charge in [0, 0.05) is 11.1 Å². The fraction of sp³-hybridized carbons (Fsp3) is 0.300. The standard InChI is InChI=1S/C10H7BrF3NOS2/c1-4-2-5(17-8(4)11)7(16)6-3-15-9(18-6)10(12,13)14/h2-3,7,16H,1H3. The number of hydrogen-bond acceptors (Lipinski definition) is 4. The van der Waals surface area contributed by atoms with Gasteiger partial charge in [-0.25, -0.2) is 4.98 Å². The predicted octanol–water partition coefficient (Wildman–Crippen LogP) is 4.38. The first-order chi connectivity index (χ1) is 8.29. The highest BCUT2D eigenvalue weighted by Gasteiger charge is 2.35. The molecule has 0 aliphatic carbocycles. The Morgan fingerprint density at radius 2 is 2.00 bits per heavy atom. The number of aliphatic hydroxyl groups excluding tert-OH is 1. The average molecular weight is 358 g/mol. The van der Waals surface area contributed by atoms with Gasteiger partial charge < -0.3 is 5.11 Å². The summed E-state index contributed by atoms with van der Waals surface area (Å²) in [6, 6.07) is 1.74. The van der Waals surface area contributed by atoms with Gasteiger partial charge in [0.25, 0.3) is 0 Å². The van der Waals surface area contributed by atoms with E-state index >= 15 is 0 Å². The maximum Gasteiger partial charge on any atom is 0.443 e. The molecule has 0 bridgehead atoms. The molecule has 0 amide bonds. The molecule has 18 heavy (non-hydrogen) atoms. The first-order valence-electron chi connectivity index (χ1n) is 4.76. The van der Waals surface area contributed by atoms with Crippen molar-refractivity contribution in [2.75, 3.05) is 0 Å². The van der Waals surface area contributed by atoms with E-state index in [-0.39, 0.29) is 4.88 Å². The third kappa shape index (κ3) is 2.76. The van der Waals surface area contributed by atoms with Gasteiger partial charge in [0.05, 0.1) is 8.66 Å². The molecule has 98 valence electrons. The Labute approximate surface area is 117 Å². The summed E-state index contributed by atoms with van der Waals surface area (Å²) in [6.07, 6.45) is -4.45. The fourth-order valence-corrected chi connectivity index (χ4v) is 3.74. The molecule has 0 aromatic carbocycles. The molecule has 2 rings (SSSR count). The smallest absolute Gasteiger partial charge is 0.382 e. The summed E-state index contributed by atoms with van der Waals surface area (Å²) in [6.45, 7) is 1.85. The largest absolute Gasteiger partial charge is 0.443 e. The zero-order valence-electron chi connectivity index (χ0n) is 8.95. The van der Waals surface area contributed by atoms with Crippen LogP contribution in [0.15, 0.2) is 16.0 Å². The third-order valence-corrected chi connectivity index (χ3v) is 5.46. The number of thiazole rings is 1. The van der Waals surface area contributed by atoms with Crippen LogP contribution in [0.1, 0.15) is 26.4 Å². The average Bonchev–Trinajstić information content (AvgIpc) is 2.85. The Morgan fingerprint density at radius 3 is 2.44 bits per heavy atom. The summed E-state index contributed by atoms with van der Waals surface area (Å²) in [5.74, 6) is 0. The molecule has 1 unspecified atom stereocenters. The Morgan fingerprint density at radius 1 is 1.33 bits per heavy atom. The van der Waals surface area contributed by atoms with Crippen LogP contribution in [-0.2, 0) is 6.18 Å². The van der Waals surface area contributed by atoms with Crippen molar-refractivity contribution in [2.45, 2.75) is 19.2 Å². The molecule has 1 N–H and O–H groups in total. The Hall–Kier alpha value is -0.440. The second-order valence-electron chi connectivity index (χ2n) is 3.57. The molecule has 0 radical (unpaired) electrons. The van der Waals surface area contributed by atoms with Crippen LogP contribution in [0, 0.1) is 6.92 Å². The van der Waals surface area contributed by atoms with Crippen LogP contribution in [0.5, 0.6) is 0 Å². The van der Waals surface area contributed by atoms with E-state index in [4.69, 9.17) is 0 Å². The van der Waals surface area contributed by atoms with Crippen LogP contribution in [0.3, 0.4) is 0 Å². The first kappa shape index (κ1) is 14.0. The van der Waals surface area contributed by atoms with Crippen molar-refractivity contribution in [3.8, 4) is 0 Å². The van der Waals surface area contributed by atoms with Gasteiger partial charge in [0.15, 0.2) is 5.01 Å². The normalized spacial score (nSPS) is 13.9. The molecule has 2 nitrogen and oxygen atoms in total. The van der Waals surface area contributed by atoms with E-state index in [1.807, 2.05) is 6.92 Å². The fourth-order valence-electron chi connectivity index (χ4n) is 1.30. The number of halogens is 4. The SMILES string of the molecule is Cc1cc(C(O)c2cnc(C(F)(F)F)s2)sc1Br. The molecule has 1 atom stereocenters. The van der Waals surface area contributed by atoms with Gasteiger partial charge in [0.2, 0.25) is 0 Å². The van der Waals surface area contributed by atoms with Gasteiger partial charge in [-0.15, -0.1) is 22.7 Å². The molecule has 2 heterocycles. The van der Waals surface area contributed by atoms with Crippen LogP contribution in [0.25, 0.3) is 0 Å². The lowest BCUT2D eigenvalue weighted by Gasteiger charge is -2.04. The van der Waals surface area contributed by atoms with Gasteiger partial charge in [-0.3, -0.25) is 0 Å². The van der Waals surface area contributed by atoms with E-state index in [1.165, 1.54) is 11.3 Å². The Bertz CT molecular complexity index is 544. The van der Waals surface area contributed by atoms with Crippen LogP contribution >= 0.6 is 38.6 Å². The quantitative estimate of drug-likeness (QED) is 0.865. The molecule has 0 aliphatic heterocycles. The van der Waals surface area contributed by atoms with Gasteiger partial charge in [-0.1, -0.05) is 0 Å². The zero-order valence-corrected chi connectivity index (χ0v) is 12.2. The van der Waals surface area contributed by atoms with Gasteiger partial charge in [0.1, 0.15) is 6.10 Å². The van der Waals surface area contributed by atoms with E-state index < -0.39 is 17.3 Å². The van der Waals surface area contributed by atoms with Gasteiger partial charge >= 0.3 is 6.18 Å². The molecular formula is C10H7BrF3NOS2. The van der Waals surface area contributed by atoms with Crippen molar-refractivity contribution in [2.24, 2.45) is 0 Å². The highest BCUT2D eigenvalue weighted by Crippen LogP contribution is 2.39. The molecule has 8 heteroatoms. The second kappa shape index (κ2) is 4.92. The van der Waals surface area contributed by atoms with Crippen LogP contribution in [0.2, 0.25) is 0 Å². The van der Waals surface area contributed by atoms with Crippen LogP contribution in [-0.4, -0.2) is 10.1 Å². The molecule has 0 saturated heterocycles. The van der Waals surface area contributed by atoms with Crippen molar-refractivity contribution in [1.29, 1.82) is 0 Å². The lowest BCUT2D eigenvalue weighted by Crippen LogP contribution is -2.03. The lowest BCUT2D eigenvalue weighted by molar-refractivity contribution is -0.137. The summed E-state index contributed by atoms with van der Waals surface area (Å²) in [5, 5.41) is 9.06.